The Morgan fingerprint density at radius 1 is 1.07 bits per heavy atom. The molecular formula is C20H13N7S2. The van der Waals surface area contributed by atoms with E-state index >= 15 is 0 Å². The first-order chi connectivity index (χ1) is 14.3. The van der Waals surface area contributed by atoms with Crippen LogP contribution in [0.1, 0.15) is 5.56 Å². The molecule has 6 rings (SSSR count). The Kier molecular flexibility index (Phi) is 3.65. The molecule has 0 spiro atoms. The van der Waals surface area contributed by atoms with Crippen LogP contribution in [0.3, 0.4) is 0 Å². The Hall–Kier alpha value is -3.30. The van der Waals surface area contributed by atoms with Crippen molar-refractivity contribution < 1.29 is 0 Å². The number of nitrogens with zero attached hydrogens (tertiary/aromatic N) is 7. The monoisotopic (exact) mass is 415 g/mol. The SMILES string of the molecule is Cc1cc2nnc(Sc3nn4cc(-c5cccnc5)nc4s3)n2c2ccccc12. The van der Waals surface area contributed by atoms with Gasteiger partial charge in [0.1, 0.15) is 0 Å². The normalized spacial score (nSPS) is 11.8. The summed E-state index contributed by atoms with van der Waals surface area (Å²) in [5.74, 6) is 0. The van der Waals surface area contributed by atoms with Crippen LogP contribution < -0.4 is 0 Å². The molecule has 5 heterocycles. The maximum absolute atomic E-state index is 4.68. The number of fused-ring (bicyclic) bond motifs is 4. The van der Waals surface area contributed by atoms with E-state index in [-0.39, 0.29) is 0 Å². The number of pyridine rings is 2. The summed E-state index contributed by atoms with van der Waals surface area (Å²) in [6.45, 7) is 2.10. The maximum Gasteiger partial charge on any atom is 0.213 e. The highest BCUT2D eigenvalue weighted by atomic mass is 32.2. The van der Waals surface area contributed by atoms with Crippen molar-refractivity contribution in [2.45, 2.75) is 16.4 Å². The number of aryl methyl sites for hydroxylation is 1. The average Bonchev–Trinajstić information content (AvgIpc) is 3.43. The zero-order valence-electron chi connectivity index (χ0n) is 15.2. The summed E-state index contributed by atoms with van der Waals surface area (Å²) in [4.78, 5) is 9.67. The van der Waals surface area contributed by atoms with Crippen molar-refractivity contribution in [3.8, 4) is 11.3 Å². The molecule has 140 valence electrons. The van der Waals surface area contributed by atoms with Crippen molar-refractivity contribution in [1.29, 1.82) is 0 Å². The van der Waals surface area contributed by atoms with Gasteiger partial charge in [-0.1, -0.05) is 29.5 Å². The Morgan fingerprint density at radius 3 is 2.86 bits per heavy atom. The molecule has 0 atom stereocenters. The van der Waals surface area contributed by atoms with Crippen molar-refractivity contribution in [1.82, 2.24) is 34.2 Å². The molecule has 7 nitrogen and oxygen atoms in total. The Morgan fingerprint density at radius 2 is 2.00 bits per heavy atom. The second kappa shape index (κ2) is 6.36. The molecule has 1 aromatic carbocycles. The summed E-state index contributed by atoms with van der Waals surface area (Å²) in [5.41, 5.74) is 4.96. The zero-order valence-corrected chi connectivity index (χ0v) is 16.9. The second-order valence-corrected chi connectivity index (χ2v) is 8.76. The highest BCUT2D eigenvalue weighted by Crippen LogP contribution is 2.33. The first-order valence-electron chi connectivity index (χ1n) is 8.94. The molecule has 0 aliphatic rings. The van der Waals surface area contributed by atoms with Crippen LogP contribution in [0.5, 0.6) is 0 Å². The number of benzene rings is 1. The van der Waals surface area contributed by atoms with Gasteiger partial charge in [-0.15, -0.1) is 15.3 Å². The van der Waals surface area contributed by atoms with E-state index in [4.69, 9.17) is 0 Å². The quantitative estimate of drug-likeness (QED) is 0.423. The minimum Gasteiger partial charge on any atom is -0.270 e. The van der Waals surface area contributed by atoms with E-state index in [0.29, 0.717) is 0 Å². The van der Waals surface area contributed by atoms with Gasteiger partial charge in [0.05, 0.1) is 17.4 Å². The van der Waals surface area contributed by atoms with Crippen LogP contribution in [-0.2, 0) is 0 Å². The van der Waals surface area contributed by atoms with Crippen molar-refractivity contribution in [2.75, 3.05) is 0 Å². The number of imidazole rings is 1. The van der Waals surface area contributed by atoms with Gasteiger partial charge >= 0.3 is 0 Å². The Balaban J connectivity index is 1.41. The zero-order chi connectivity index (χ0) is 19.4. The maximum atomic E-state index is 4.68. The molecule has 0 fully saturated rings. The first-order valence-corrected chi connectivity index (χ1v) is 10.6. The van der Waals surface area contributed by atoms with Gasteiger partial charge in [0.15, 0.2) is 9.99 Å². The molecule has 0 aliphatic heterocycles. The first kappa shape index (κ1) is 16.6. The van der Waals surface area contributed by atoms with Gasteiger partial charge in [-0.25, -0.2) is 9.50 Å². The molecule has 0 bridgehead atoms. The summed E-state index contributed by atoms with van der Waals surface area (Å²) in [5, 5.41) is 15.4. The van der Waals surface area contributed by atoms with E-state index < -0.39 is 0 Å². The third kappa shape index (κ3) is 2.70. The lowest BCUT2D eigenvalue weighted by Gasteiger charge is -2.06. The van der Waals surface area contributed by atoms with Gasteiger partial charge in [-0.3, -0.25) is 9.38 Å². The van der Waals surface area contributed by atoms with Gasteiger partial charge < -0.3 is 0 Å². The van der Waals surface area contributed by atoms with Gasteiger partial charge in [0.25, 0.3) is 0 Å². The topological polar surface area (TPSA) is 73.3 Å². The van der Waals surface area contributed by atoms with Crippen LogP contribution in [0.2, 0.25) is 0 Å². The molecule has 9 heteroatoms. The molecule has 0 amide bonds. The van der Waals surface area contributed by atoms with E-state index in [9.17, 15) is 0 Å². The van der Waals surface area contributed by atoms with E-state index in [1.807, 2.05) is 30.5 Å². The minimum absolute atomic E-state index is 0.792. The summed E-state index contributed by atoms with van der Waals surface area (Å²) >= 11 is 3.03. The molecule has 5 aromatic heterocycles. The fraction of sp³-hybridized carbons (Fsp3) is 0.0500. The summed E-state index contributed by atoms with van der Waals surface area (Å²) < 4.78 is 4.75. The standard InChI is InChI=1S/C20H13N7S2/c1-12-9-17-23-24-19(27(17)16-7-3-2-6-14(12)16)29-20-25-26-11-15(22-18(26)28-20)13-5-4-8-21-10-13/h2-11H,1H3. The number of rotatable bonds is 3. The fourth-order valence-electron chi connectivity index (χ4n) is 3.40. The highest BCUT2D eigenvalue weighted by Gasteiger charge is 2.16. The van der Waals surface area contributed by atoms with Gasteiger partial charge in [-0.2, -0.15) is 0 Å². The molecule has 0 aliphatic carbocycles. The van der Waals surface area contributed by atoms with E-state index in [1.165, 1.54) is 34.0 Å². The Labute approximate surface area is 173 Å². The number of aromatic nitrogens is 7. The predicted octanol–water partition coefficient (Wildman–Crippen LogP) is 4.51. The van der Waals surface area contributed by atoms with Crippen molar-refractivity contribution in [3.63, 3.8) is 0 Å². The third-order valence-electron chi connectivity index (χ3n) is 4.73. The van der Waals surface area contributed by atoms with Crippen molar-refractivity contribution in [3.05, 3.63) is 66.6 Å². The fourth-order valence-corrected chi connectivity index (χ4v) is 5.28. The van der Waals surface area contributed by atoms with Crippen LogP contribution >= 0.6 is 23.1 Å². The molecule has 0 saturated heterocycles. The van der Waals surface area contributed by atoms with Crippen LogP contribution in [0.15, 0.2) is 70.6 Å². The lowest BCUT2D eigenvalue weighted by atomic mass is 10.1. The van der Waals surface area contributed by atoms with Crippen molar-refractivity contribution >= 4 is 44.6 Å². The van der Waals surface area contributed by atoms with E-state index in [1.54, 1.807) is 16.9 Å². The Bertz CT molecular complexity index is 1470. The largest absolute Gasteiger partial charge is 0.270 e. The van der Waals surface area contributed by atoms with Crippen LogP contribution in [0, 0.1) is 6.92 Å². The molecule has 6 aromatic rings. The molecule has 29 heavy (non-hydrogen) atoms. The van der Waals surface area contributed by atoms with Gasteiger partial charge in [0.2, 0.25) is 10.1 Å². The van der Waals surface area contributed by atoms with Crippen molar-refractivity contribution in [2.24, 2.45) is 0 Å². The second-order valence-electron chi connectivity index (χ2n) is 6.59. The van der Waals surface area contributed by atoms with Gasteiger partial charge in [0, 0.05) is 23.3 Å². The number of hydrogen-bond acceptors (Lipinski definition) is 7. The van der Waals surface area contributed by atoms with E-state index in [0.717, 1.165) is 36.9 Å². The number of hydrogen-bond donors (Lipinski definition) is 0. The van der Waals surface area contributed by atoms with E-state index in [2.05, 4.69) is 54.8 Å². The minimum atomic E-state index is 0.792. The summed E-state index contributed by atoms with van der Waals surface area (Å²) in [6, 6.07) is 14.3. The summed E-state index contributed by atoms with van der Waals surface area (Å²) in [7, 11) is 0. The van der Waals surface area contributed by atoms with Gasteiger partial charge in [-0.05, 0) is 48.5 Å². The molecule has 0 radical (unpaired) electrons. The summed E-state index contributed by atoms with van der Waals surface area (Å²) in [6.07, 6.45) is 5.48. The highest BCUT2D eigenvalue weighted by molar-refractivity contribution is 8.01. The average molecular weight is 416 g/mol. The van der Waals surface area contributed by atoms with Crippen LogP contribution in [-0.4, -0.2) is 34.2 Å². The van der Waals surface area contributed by atoms with Crippen LogP contribution in [0.25, 0.3) is 32.8 Å². The lowest BCUT2D eigenvalue weighted by molar-refractivity contribution is 0.901. The molecule has 0 saturated carbocycles. The third-order valence-corrected chi connectivity index (χ3v) is 6.65. The predicted molar refractivity (Wildman–Crippen MR) is 113 cm³/mol. The number of para-hydroxylation sites is 1. The molecular weight excluding hydrogens is 402 g/mol. The molecule has 0 N–H and O–H groups in total. The smallest absolute Gasteiger partial charge is 0.213 e. The lowest BCUT2D eigenvalue weighted by Crippen LogP contribution is -1.92. The van der Waals surface area contributed by atoms with Crippen LogP contribution in [0.4, 0.5) is 0 Å². The molecule has 0 unspecified atom stereocenters.